The molecule has 4 aromatic rings. The molecule has 0 spiro atoms. The topological polar surface area (TPSA) is 109 Å². The van der Waals surface area contributed by atoms with Gasteiger partial charge in [-0.3, -0.25) is 4.57 Å². The Bertz CT molecular complexity index is 1260. The molecule has 0 amide bonds. The number of imidazole rings is 1. The Hall–Kier alpha value is -4.03. The number of allylic oxidation sites excluding steroid dienone is 1. The summed E-state index contributed by atoms with van der Waals surface area (Å²) in [6.07, 6.45) is 8.35. The highest BCUT2D eigenvalue weighted by molar-refractivity contribution is 5.93. The molecule has 1 saturated heterocycles. The van der Waals surface area contributed by atoms with Crippen LogP contribution in [0.2, 0.25) is 0 Å². The van der Waals surface area contributed by atoms with Crippen LogP contribution in [0.4, 0.5) is 5.95 Å². The maximum Gasteiger partial charge on any atom is 0.240 e. The van der Waals surface area contributed by atoms with Crippen molar-refractivity contribution in [2.24, 2.45) is 0 Å². The van der Waals surface area contributed by atoms with Crippen LogP contribution in [0.25, 0.3) is 34.3 Å². The zero-order chi connectivity index (χ0) is 20.3. The predicted molar refractivity (Wildman–Crippen MR) is 112 cm³/mol. The molecule has 0 unspecified atom stereocenters. The first-order valence-corrected chi connectivity index (χ1v) is 9.57. The molecule has 0 atom stereocenters. The molecule has 1 N–H and O–H groups in total. The van der Waals surface area contributed by atoms with Gasteiger partial charge < -0.3 is 14.6 Å². The maximum absolute atomic E-state index is 8.74. The van der Waals surface area contributed by atoms with Crippen molar-refractivity contribution in [1.29, 1.82) is 5.26 Å². The van der Waals surface area contributed by atoms with Crippen LogP contribution in [0.5, 0.6) is 0 Å². The minimum atomic E-state index is 0.470. The summed E-state index contributed by atoms with van der Waals surface area (Å²) < 4.78 is 7.21. The van der Waals surface area contributed by atoms with Gasteiger partial charge in [-0.25, -0.2) is 4.98 Å². The fourth-order valence-electron chi connectivity index (χ4n) is 3.43. The number of anilines is 1. The zero-order valence-corrected chi connectivity index (χ0v) is 16.1. The summed E-state index contributed by atoms with van der Waals surface area (Å²) in [5.41, 5.74) is 2.60. The number of ether oxygens (including phenoxy) is 1. The average molecular weight is 398 g/mol. The second-order valence-corrected chi connectivity index (χ2v) is 6.77. The van der Waals surface area contributed by atoms with Crippen LogP contribution >= 0.6 is 0 Å². The number of fused-ring (bicyclic) bond motifs is 1. The Morgan fingerprint density at radius 3 is 2.83 bits per heavy atom. The van der Waals surface area contributed by atoms with Gasteiger partial charge in [0.05, 0.1) is 25.0 Å². The number of rotatable bonds is 4. The van der Waals surface area contributed by atoms with Crippen LogP contribution in [-0.4, -0.2) is 55.8 Å². The van der Waals surface area contributed by atoms with E-state index in [0.29, 0.717) is 36.6 Å². The van der Waals surface area contributed by atoms with E-state index in [0.717, 1.165) is 29.6 Å². The first-order chi connectivity index (χ1) is 14.8. The fraction of sp³-hybridized carbons (Fsp3) is 0.190. The van der Waals surface area contributed by atoms with Crippen molar-refractivity contribution in [1.82, 2.24) is 29.5 Å². The molecule has 1 aromatic carbocycles. The van der Waals surface area contributed by atoms with Gasteiger partial charge in [-0.2, -0.15) is 20.2 Å². The van der Waals surface area contributed by atoms with Crippen molar-refractivity contribution in [2.45, 2.75) is 0 Å². The van der Waals surface area contributed by atoms with E-state index < -0.39 is 0 Å². The van der Waals surface area contributed by atoms with E-state index in [1.807, 2.05) is 36.5 Å². The highest BCUT2D eigenvalue weighted by atomic mass is 16.5. The van der Waals surface area contributed by atoms with Gasteiger partial charge in [0.25, 0.3) is 0 Å². The number of hydrogen-bond donors (Lipinski definition) is 1. The molecule has 0 aliphatic carbocycles. The van der Waals surface area contributed by atoms with Crippen LogP contribution in [0, 0.1) is 11.3 Å². The Labute approximate surface area is 172 Å². The van der Waals surface area contributed by atoms with Gasteiger partial charge in [0.2, 0.25) is 11.9 Å². The lowest BCUT2D eigenvalue weighted by molar-refractivity contribution is 0.122. The first-order valence-electron chi connectivity index (χ1n) is 9.57. The van der Waals surface area contributed by atoms with Crippen molar-refractivity contribution < 1.29 is 4.74 Å². The van der Waals surface area contributed by atoms with Gasteiger partial charge in [-0.05, 0) is 18.2 Å². The second-order valence-electron chi connectivity index (χ2n) is 6.77. The van der Waals surface area contributed by atoms with Crippen molar-refractivity contribution in [3.05, 3.63) is 54.8 Å². The summed E-state index contributed by atoms with van der Waals surface area (Å²) in [7, 11) is 0. The van der Waals surface area contributed by atoms with Crippen molar-refractivity contribution in [3.8, 4) is 23.4 Å². The first kappa shape index (κ1) is 18.0. The molecular formula is C21H18N8O. The molecule has 9 heteroatoms. The number of aromatic amines is 1. The molecule has 5 rings (SSSR count). The average Bonchev–Trinajstić information content (AvgIpc) is 3.47. The van der Waals surface area contributed by atoms with Crippen LogP contribution in [0.3, 0.4) is 0 Å². The van der Waals surface area contributed by atoms with Gasteiger partial charge in [0.1, 0.15) is 6.33 Å². The lowest BCUT2D eigenvalue weighted by atomic mass is 10.1. The molecule has 4 heterocycles. The molecule has 1 aliphatic rings. The minimum Gasteiger partial charge on any atom is -0.378 e. The maximum atomic E-state index is 8.74. The third kappa shape index (κ3) is 3.40. The van der Waals surface area contributed by atoms with Crippen LogP contribution in [0.1, 0.15) is 5.69 Å². The minimum absolute atomic E-state index is 0.470. The van der Waals surface area contributed by atoms with Crippen molar-refractivity contribution in [2.75, 3.05) is 31.2 Å². The van der Waals surface area contributed by atoms with Crippen LogP contribution in [0.15, 0.2) is 49.1 Å². The Kier molecular flexibility index (Phi) is 4.67. The quantitative estimate of drug-likeness (QED) is 0.526. The largest absolute Gasteiger partial charge is 0.378 e. The summed E-state index contributed by atoms with van der Waals surface area (Å²) in [4.78, 5) is 23.8. The van der Waals surface area contributed by atoms with Gasteiger partial charge in [-0.1, -0.05) is 12.1 Å². The molecular weight excluding hydrogens is 380 g/mol. The van der Waals surface area contributed by atoms with Crippen LogP contribution in [-0.2, 0) is 4.74 Å². The number of nitriles is 1. The third-order valence-electron chi connectivity index (χ3n) is 4.90. The SMILES string of the molecule is N#CC=Cc1cn(-c2nc(-c3cccc4[nH]ccc34)nc(N3CCOCC3)n2)cn1. The number of H-pyrrole nitrogens is 1. The highest BCUT2D eigenvalue weighted by Gasteiger charge is 2.19. The number of benzene rings is 1. The molecule has 0 saturated carbocycles. The molecule has 9 nitrogen and oxygen atoms in total. The van der Waals surface area contributed by atoms with E-state index in [-0.39, 0.29) is 0 Å². The monoisotopic (exact) mass is 398 g/mol. The Balaban J connectivity index is 1.64. The summed E-state index contributed by atoms with van der Waals surface area (Å²) >= 11 is 0. The summed E-state index contributed by atoms with van der Waals surface area (Å²) in [6, 6.07) is 10.00. The molecule has 3 aromatic heterocycles. The molecule has 1 aliphatic heterocycles. The lowest BCUT2D eigenvalue weighted by Gasteiger charge is -2.27. The normalized spacial score (nSPS) is 14.4. The number of nitrogens with one attached hydrogen (secondary N) is 1. The van der Waals surface area contributed by atoms with Crippen molar-refractivity contribution in [3.63, 3.8) is 0 Å². The smallest absolute Gasteiger partial charge is 0.240 e. The van der Waals surface area contributed by atoms with E-state index in [1.54, 1.807) is 23.2 Å². The number of morpholine rings is 1. The Morgan fingerprint density at radius 1 is 1.10 bits per heavy atom. The van der Waals surface area contributed by atoms with E-state index in [9.17, 15) is 0 Å². The summed E-state index contributed by atoms with van der Waals surface area (Å²) in [5, 5.41) is 9.79. The second kappa shape index (κ2) is 7.77. The van der Waals surface area contributed by atoms with Gasteiger partial charge in [-0.15, -0.1) is 0 Å². The van der Waals surface area contributed by atoms with Crippen molar-refractivity contribution >= 4 is 22.9 Å². The fourth-order valence-corrected chi connectivity index (χ4v) is 3.43. The predicted octanol–water partition coefficient (Wildman–Crippen LogP) is 2.58. The van der Waals surface area contributed by atoms with Gasteiger partial charge in [0, 0.05) is 48.0 Å². The van der Waals surface area contributed by atoms with E-state index in [4.69, 9.17) is 20.0 Å². The molecule has 1 fully saturated rings. The number of hydrogen-bond acceptors (Lipinski definition) is 7. The Morgan fingerprint density at radius 2 is 1.97 bits per heavy atom. The number of aromatic nitrogens is 6. The molecule has 0 bridgehead atoms. The van der Waals surface area contributed by atoms with E-state index in [1.165, 1.54) is 6.08 Å². The van der Waals surface area contributed by atoms with Gasteiger partial charge >= 0.3 is 0 Å². The lowest BCUT2D eigenvalue weighted by Crippen LogP contribution is -2.37. The third-order valence-corrected chi connectivity index (χ3v) is 4.90. The number of nitrogens with zero attached hydrogens (tertiary/aromatic N) is 7. The molecule has 30 heavy (non-hydrogen) atoms. The summed E-state index contributed by atoms with van der Waals surface area (Å²) in [6.45, 7) is 2.71. The van der Waals surface area contributed by atoms with Crippen LogP contribution < -0.4 is 4.90 Å². The van der Waals surface area contributed by atoms with Gasteiger partial charge in [0.15, 0.2) is 5.82 Å². The standard InChI is InChI=1S/C21H18N8O/c22-7-2-3-15-13-29(14-24-15)21-26-19(17-4-1-5-18-16(17)6-8-23-18)25-20(27-21)28-9-11-30-12-10-28/h1-6,8,13-14,23H,9-12H2. The highest BCUT2D eigenvalue weighted by Crippen LogP contribution is 2.27. The van der Waals surface area contributed by atoms with E-state index >= 15 is 0 Å². The zero-order valence-electron chi connectivity index (χ0n) is 16.1. The summed E-state index contributed by atoms with van der Waals surface area (Å²) in [5.74, 6) is 1.67. The molecule has 0 radical (unpaired) electrons. The van der Waals surface area contributed by atoms with E-state index in [2.05, 4.69) is 19.9 Å². The molecule has 148 valence electrons.